The molecule has 0 saturated carbocycles. The molecule has 0 spiro atoms. The molecule has 1 aromatic carbocycles. The molecule has 180 valence electrons. The molecule has 2 aromatic rings. The fourth-order valence-electron chi connectivity index (χ4n) is 4.36. The van der Waals surface area contributed by atoms with Crippen molar-refractivity contribution in [1.82, 2.24) is 15.2 Å². The third kappa shape index (κ3) is 6.20. The van der Waals surface area contributed by atoms with Crippen molar-refractivity contribution in [3.8, 4) is 0 Å². The molecule has 2 amide bonds. The van der Waals surface area contributed by atoms with Crippen LogP contribution in [0.2, 0.25) is 0 Å². The number of ether oxygens (including phenoxy) is 1. The molecule has 1 aromatic heterocycles. The number of fused-ring (bicyclic) bond motifs is 1. The number of methoxy groups -OCH3 is 1. The Morgan fingerprint density at radius 3 is 2.65 bits per heavy atom. The summed E-state index contributed by atoms with van der Waals surface area (Å²) in [4.78, 5) is 33.1. The summed E-state index contributed by atoms with van der Waals surface area (Å²) < 4.78 is 5.28. The fraction of sp³-hybridized carbons (Fsp3) is 0.393. The Morgan fingerprint density at radius 1 is 1.15 bits per heavy atom. The van der Waals surface area contributed by atoms with Gasteiger partial charge >= 0.3 is 0 Å². The predicted molar refractivity (Wildman–Crippen MR) is 135 cm³/mol. The van der Waals surface area contributed by atoms with Crippen molar-refractivity contribution in [1.29, 1.82) is 0 Å². The Labute approximate surface area is 202 Å². The molecule has 0 saturated heterocycles. The van der Waals surface area contributed by atoms with Gasteiger partial charge in [0.25, 0.3) is 5.91 Å². The van der Waals surface area contributed by atoms with Gasteiger partial charge in [0.05, 0.1) is 18.6 Å². The molecule has 2 heterocycles. The van der Waals surface area contributed by atoms with Gasteiger partial charge in [0.15, 0.2) is 0 Å². The first-order chi connectivity index (χ1) is 16.4. The van der Waals surface area contributed by atoms with Gasteiger partial charge in [-0.1, -0.05) is 47.6 Å². The van der Waals surface area contributed by atoms with Crippen molar-refractivity contribution >= 4 is 11.8 Å². The number of carbonyl (C=O) groups is 2. The fourth-order valence-corrected chi connectivity index (χ4v) is 4.36. The van der Waals surface area contributed by atoms with Gasteiger partial charge in [0, 0.05) is 38.2 Å². The van der Waals surface area contributed by atoms with Crippen molar-refractivity contribution in [2.75, 3.05) is 26.8 Å². The monoisotopic (exact) mass is 461 g/mol. The molecule has 0 bridgehead atoms. The maximum absolute atomic E-state index is 13.6. The maximum atomic E-state index is 13.6. The van der Waals surface area contributed by atoms with Gasteiger partial charge in [-0.25, -0.2) is 0 Å². The van der Waals surface area contributed by atoms with Crippen LogP contribution in [0.25, 0.3) is 0 Å². The number of pyridine rings is 1. The SMILES string of the molecule is COCCN1C(=O)c2ccccc2[C@H](C(=O)NC/C=C(\C)CCC=C(C)C)[C@@H]1c1cccnc1. The van der Waals surface area contributed by atoms with E-state index in [0.29, 0.717) is 25.3 Å². The summed E-state index contributed by atoms with van der Waals surface area (Å²) in [6.07, 6.45) is 9.68. The third-order valence-corrected chi connectivity index (χ3v) is 6.10. The highest BCUT2D eigenvalue weighted by Gasteiger charge is 2.43. The van der Waals surface area contributed by atoms with Gasteiger partial charge in [-0.2, -0.15) is 0 Å². The molecule has 0 unspecified atom stereocenters. The molecule has 0 fully saturated rings. The largest absolute Gasteiger partial charge is 0.383 e. The highest BCUT2D eigenvalue weighted by molar-refractivity contribution is 6.01. The van der Waals surface area contributed by atoms with E-state index in [9.17, 15) is 9.59 Å². The van der Waals surface area contributed by atoms with E-state index in [1.807, 2.05) is 30.3 Å². The van der Waals surface area contributed by atoms with E-state index >= 15 is 0 Å². The molecule has 0 radical (unpaired) electrons. The standard InChI is InChI=1S/C28H35N3O3/c1-20(2)9-7-10-21(3)14-16-30-27(32)25-23-12-5-6-13-24(23)28(33)31(17-18-34-4)26(25)22-11-8-15-29-19-22/h5-6,8-9,11-15,19,25-26H,7,10,16-18H2,1-4H3,(H,30,32)/b21-14+/t25-,26-/m0/s1. The zero-order chi connectivity index (χ0) is 24.5. The zero-order valence-corrected chi connectivity index (χ0v) is 20.6. The summed E-state index contributed by atoms with van der Waals surface area (Å²) in [5.41, 5.74) is 4.69. The Kier molecular flexibility index (Phi) is 9.16. The first kappa shape index (κ1) is 25.4. The molecule has 2 atom stereocenters. The highest BCUT2D eigenvalue weighted by atomic mass is 16.5. The predicted octanol–water partition coefficient (Wildman–Crippen LogP) is 4.82. The average Bonchev–Trinajstić information content (AvgIpc) is 2.83. The summed E-state index contributed by atoms with van der Waals surface area (Å²) in [6.45, 7) is 7.50. The number of hydrogen-bond donors (Lipinski definition) is 1. The van der Waals surface area contributed by atoms with Gasteiger partial charge in [0.1, 0.15) is 0 Å². The number of aromatic nitrogens is 1. The molecule has 0 aliphatic carbocycles. The third-order valence-electron chi connectivity index (χ3n) is 6.10. The first-order valence-corrected chi connectivity index (χ1v) is 11.8. The second-order valence-corrected chi connectivity index (χ2v) is 8.90. The van der Waals surface area contributed by atoms with Crippen molar-refractivity contribution in [2.24, 2.45) is 0 Å². The average molecular weight is 462 g/mol. The summed E-state index contributed by atoms with van der Waals surface area (Å²) in [5, 5.41) is 3.09. The second-order valence-electron chi connectivity index (χ2n) is 8.90. The second kappa shape index (κ2) is 12.3. The molecular formula is C28H35N3O3. The molecule has 1 N–H and O–H groups in total. The number of allylic oxidation sites excluding steroid dienone is 3. The van der Waals surface area contributed by atoms with Crippen molar-refractivity contribution in [2.45, 2.75) is 45.6 Å². The summed E-state index contributed by atoms with van der Waals surface area (Å²) in [6, 6.07) is 10.7. The molecule has 6 heteroatoms. The smallest absolute Gasteiger partial charge is 0.254 e. The molecule has 1 aliphatic heterocycles. The van der Waals surface area contributed by atoms with Gasteiger partial charge in [0.2, 0.25) is 5.91 Å². The van der Waals surface area contributed by atoms with Crippen LogP contribution >= 0.6 is 0 Å². The van der Waals surface area contributed by atoms with Crippen LogP contribution in [0.5, 0.6) is 0 Å². The minimum Gasteiger partial charge on any atom is -0.383 e. The van der Waals surface area contributed by atoms with E-state index in [1.54, 1.807) is 30.5 Å². The van der Waals surface area contributed by atoms with Crippen LogP contribution in [0.1, 0.15) is 67.1 Å². The lowest BCUT2D eigenvalue weighted by molar-refractivity contribution is -0.124. The van der Waals surface area contributed by atoms with Gasteiger partial charge < -0.3 is 15.0 Å². The quantitative estimate of drug-likeness (QED) is 0.515. The van der Waals surface area contributed by atoms with Crippen LogP contribution in [-0.4, -0.2) is 48.5 Å². The summed E-state index contributed by atoms with van der Waals surface area (Å²) >= 11 is 0. The Balaban J connectivity index is 1.89. The first-order valence-electron chi connectivity index (χ1n) is 11.8. The summed E-state index contributed by atoms with van der Waals surface area (Å²) in [7, 11) is 1.61. The number of carbonyl (C=O) groups excluding carboxylic acids is 2. The minimum atomic E-state index is -0.547. The number of nitrogens with zero attached hydrogens (tertiary/aromatic N) is 2. The minimum absolute atomic E-state index is 0.0967. The van der Waals surface area contributed by atoms with E-state index in [-0.39, 0.29) is 11.8 Å². The lowest BCUT2D eigenvalue weighted by atomic mass is 9.79. The van der Waals surface area contributed by atoms with Crippen LogP contribution < -0.4 is 5.32 Å². The number of amides is 2. The molecular weight excluding hydrogens is 426 g/mol. The Hall–Kier alpha value is -3.25. The number of hydrogen-bond acceptors (Lipinski definition) is 4. The van der Waals surface area contributed by atoms with Gasteiger partial charge in [-0.15, -0.1) is 0 Å². The lowest BCUT2D eigenvalue weighted by Crippen LogP contribution is -2.48. The molecule has 6 nitrogen and oxygen atoms in total. The van der Waals surface area contributed by atoms with E-state index in [2.05, 4.69) is 43.2 Å². The van der Waals surface area contributed by atoms with Crippen LogP contribution in [0.3, 0.4) is 0 Å². The summed E-state index contributed by atoms with van der Waals surface area (Å²) in [5.74, 6) is -0.750. The van der Waals surface area contributed by atoms with Crippen molar-refractivity contribution < 1.29 is 14.3 Å². The topological polar surface area (TPSA) is 71.5 Å². The van der Waals surface area contributed by atoms with Crippen LogP contribution in [-0.2, 0) is 9.53 Å². The molecule has 34 heavy (non-hydrogen) atoms. The van der Waals surface area contributed by atoms with E-state index < -0.39 is 12.0 Å². The van der Waals surface area contributed by atoms with Crippen molar-refractivity contribution in [3.63, 3.8) is 0 Å². The van der Waals surface area contributed by atoms with Crippen LogP contribution in [0, 0.1) is 0 Å². The van der Waals surface area contributed by atoms with Crippen LogP contribution in [0.4, 0.5) is 0 Å². The number of benzene rings is 1. The normalized spacial score (nSPS) is 17.8. The highest BCUT2D eigenvalue weighted by Crippen LogP contribution is 2.42. The maximum Gasteiger partial charge on any atom is 0.254 e. The molecule has 3 rings (SSSR count). The lowest BCUT2D eigenvalue weighted by Gasteiger charge is -2.41. The Bertz CT molecular complexity index is 1040. The Morgan fingerprint density at radius 2 is 1.94 bits per heavy atom. The van der Waals surface area contributed by atoms with Crippen LogP contribution in [0.15, 0.2) is 72.1 Å². The number of rotatable bonds is 10. The number of nitrogens with one attached hydrogen (secondary N) is 1. The van der Waals surface area contributed by atoms with E-state index in [4.69, 9.17) is 4.74 Å². The van der Waals surface area contributed by atoms with Crippen molar-refractivity contribution in [3.05, 3.63) is 88.8 Å². The molecule has 1 aliphatic rings. The van der Waals surface area contributed by atoms with Gasteiger partial charge in [-0.3, -0.25) is 14.6 Å². The van der Waals surface area contributed by atoms with E-state index in [0.717, 1.165) is 24.0 Å². The van der Waals surface area contributed by atoms with Gasteiger partial charge in [-0.05, 0) is 56.9 Å². The van der Waals surface area contributed by atoms with E-state index in [1.165, 1.54) is 11.1 Å². The zero-order valence-electron chi connectivity index (χ0n) is 20.6.